The highest BCUT2D eigenvalue weighted by Crippen LogP contribution is 2.41. The highest BCUT2D eigenvalue weighted by molar-refractivity contribution is 6.45. The molecule has 216 valence electrons. The summed E-state index contributed by atoms with van der Waals surface area (Å²) in [6.45, 7) is 1.78. The maximum Gasteiger partial charge on any atom is 0.311 e. The quantitative estimate of drug-likeness (QED) is 0.186. The van der Waals surface area contributed by atoms with Crippen LogP contribution in [-0.4, -0.2) is 58.3 Å². The summed E-state index contributed by atoms with van der Waals surface area (Å²) >= 11 is 12.6. The number of ether oxygens (including phenoxy) is 2. The second-order valence-electron chi connectivity index (χ2n) is 10.7. The molecule has 0 saturated carbocycles. The fourth-order valence-corrected chi connectivity index (χ4v) is 6.21. The van der Waals surface area contributed by atoms with Crippen molar-refractivity contribution in [3.8, 4) is 5.75 Å². The first-order valence-corrected chi connectivity index (χ1v) is 14.7. The van der Waals surface area contributed by atoms with Crippen LogP contribution in [0.2, 0.25) is 10.0 Å². The molecule has 1 aliphatic heterocycles. The lowest BCUT2D eigenvalue weighted by Gasteiger charge is -2.42. The van der Waals surface area contributed by atoms with Crippen molar-refractivity contribution in [2.24, 2.45) is 0 Å². The molecule has 0 radical (unpaired) electrons. The first kappa shape index (κ1) is 28.5. The summed E-state index contributed by atoms with van der Waals surface area (Å²) in [5.74, 6) is 0.292. The topological polar surface area (TPSA) is 87.7 Å². The number of nitrogens with zero attached hydrogens (tertiary/aromatic N) is 2. The molecule has 6 rings (SSSR count). The molecule has 1 fully saturated rings. The van der Waals surface area contributed by atoms with Gasteiger partial charge in [0.1, 0.15) is 24.1 Å². The van der Waals surface area contributed by atoms with Gasteiger partial charge in [0.2, 0.25) is 0 Å². The van der Waals surface area contributed by atoms with E-state index >= 15 is 0 Å². The molecule has 9 heteroatoms. The molecule has 1 aliphatic rings. The average Bonchev–Trinajstić information content (AvgIpc) is 3.50. The fourth-order valence-electron chi connectivity index (χ4n) is 5.81. The Hall–Kier alpha value is -3.62. The number of aliphatic hydroxyl groups excluding tert-OH is 1. The first-order valence-electron chi connectivity index (χ1n) is 14.0. The van der Waals surface area contributed by atoms with Gasteiger partial charge in [0.15, 0.2) is 0 Å². The van der Waals surface area contributed by atoms with E-state index in [-0.39, 0.29) is 19.0 Å². The summed E-state index contributed by atoms with van der Waals surface area (Å²) in [5.41, 5.74) is 1.71. The summed E-state index contributed by atoms with van der Waals surface area (Å²) in [5, 5.41) is 14.5. The van der Waals surface area contributed by atoms with Crippen LogP contribution in [0.25, 0.3) is 21.7 Å². The van der Waals surface area contributed by atoms with Crippen molar-refractivity contribution >= 4 is 50.8 Å². The van der Waals surface area contributed by atoms with Crippen molar-refractivity contribution in [1.82, 2.24) is 14.9 Å². The minimum Gasteiger partial charge on any atom is -0.490 e. The molecular weight excluding hydrogens is 573 g/mol. The number of carbonyl (C=O) groups excluding carboxylic acids is 1. The lowest BCUT2D eigenvalue weighted by molar-refractivity contribution is -0.166. The minimum atomic E-state index is -0.822. The van der Waals surface area contributed by atoms with E-state index in [0.29, 0.717) is 53.8 Å². The largest absolute Gasteiger partial charge is 0.490 e. The van der Waals surface area contributed by atoms with Gasteiger partial charge < -0.3 is 24.5 Å². The Morgan fingerprint density at radius 2 is 1.79 bits per heavy atom. The molecule has 0 amide bonds. The summed E-state index contributed by atoms with van der Waals surface area (Å²) in [4.78, 5) is 23.0. The smallest absolute Gasteiger partial charge is 0.311 e. The molecule has 5 aromatic rings. The Labute approximate surface area is 254 Å². The van der Waals surface area contributed by atoms with E-state index in [9.17, 15) is 9.90 Å². The van der Waals surface area contributed by atoms with Gasteiger partial charge in [-0.05, 0) is 17.0 Å². The zero-order valence-electron chi connectivity index (χ0n) is 22.9. The molecule has 2 aromatic heterocycles. The minimum absolute atomic E-state index is 0.0964. The molecule has 3 heterocycles. The Morgan fingerprint density at radius 3 is 2.60 bits per heavy atom. The van der Waals surface area contributed by atoms with E-state index in [1.165, 1.54) is 0 Å². The number of H-pyrrole nitrogens is 1. The zero-order chi connectivity index (χ0) is 29.1. The van der Waals surface area contributed by atoms with Gasteiger partial charge in [-0.3, -0.25) is 9.78 Å². The van der Waals surface area contributed by atoms with E-state index in [4.69, 9.17) is 32.7 Å². The van der Waals surface area contributed by atoms with Crippen molar-refractivity contribution < 1.29 is 19.4 Å². The number of pyridine rings is 1. The number of esters is 1. The SMILES string of the molecule is O=C(Cc1ccccc1)OC1(c2cncc3ccccc23)CCN(C[C@@H](O)COc2cc(Cl)c(Cl)c3[nH]ccc23)CC1. The van der Waals surface area contributed by atoms with Gasteiger partial charge in [0, 0.05) is 73.5 Å². The fraction of sp³-hybridized carbons (Fsp3) is 0.273. The van der Waals surface area contributed by atoms with Gasteiger partial charge in [0.25, 0.3) is 0 Å². The number of nitrogens with one attached hydrogen (secondary N) is 1. The van der Waals surface area contributed by atoms with Crippen molar-refractivity contribution in [2.75, 3.05) is 26.2 Å². The zero-order valence-corrected chi connectivity index (χ0v) is 24.4. The van der Waals surface area contributed by atoms with Crippen molar-refractivity contribution in [2.45, 2.75) is 31.0 Å². The molecule has 1 atom stereocenters. The Morgan fingerprint density at radius 1 is 1.02 bits per heavy atom. The third-order valence-corrected chi connectivity index (χ3v) is 8.71. The van der Waals surface area contributed by atoms with Crippen LogP contribution in [-0.2, 0) is 21.6 Å². The Kier molecular flexibility index (Phi) is 8.36. The molecule has 0 spiro atoms. The molecule has 7 nitrogen and oxygen atoms in total. The van der Waals surface area contributed by atoms with E-state index in [1.807, 2.05) is 67.0 Å². The second-order valence-corrected chi connectivity index (χ2v) is 11.5. The number of hydrogen-bond acceptors (Lipinski definition) is 6. The van der Waals surface area contributed by atoms with Gasteiger partial charge in [-0.15, -0.1) is 0 Å². The first-order chi connectivity index (χ1) is 20.4. The van der Waals surface area contributed by atoms with Crippen LogP contribution in [0.4, 0.5) is 0 Å². The van der Waals surface area contributed by atoms with E-state index < -0.39 is 11.7 Å². The van der Waals surface area contributed by atoms with Crippen LogP contribution in [0.5, 0.6) is 5.75 Å². The van der Waals surface area contributed by atoms with Gasteiger partial charge in [-0.2, -0.15) is 0 Å². The number of aromatic amines is 1. The molecule has 0 aliphatic carbocycles. The predicted octanol–water partition coefficient (Wildman–Crippen LogP) is 6.54. The number of hydrogen-bond donors (Lipinski definition) is 2. The number of rotatable bonds is 9. The second kappa shape index (κ2) is 12.3. The van der Waals surface area contributed by atoms with Crippen LogP contribution >= 0.6 is 23.2 Å². The van der Waals surface area contributed by atoms with Crippen molar-refractivity contribution in [1.29, 1.82) is 0 Å². The summed E-state index contributed by atoms with van der Waals surface area (Å²) in [7, 11) is 0. The van der Waals surface area contributed by atoms with Crippen LogP contribution < -0.4 is 4.74 Å². The van der Waals surface area contributed by atoms with Gasteiger partial charge in [-0.1, -0.05) is 77.8 Å². The molecule has 0 bridgehead atoms. The maximum absolute atomic E-state index is 13.3. The molecule has 42 heavy (non-hydrogen) atoms. The number of β-amino-alcohol motifs (C(OH)–C–C–N with tert-alkyl or cyclic N) is 1. The lowest BCUT2D eigenvalue weighted by atomic mass is 9.82. The van der Waals surface area contributed by atoms with E-state index in [0.717, 1.165) is 27.3 Å². The molecule has 1 saturated heterocycles. The summed E-state index contributed by atoms with van der Waals surface area (Å²) < 4.78 is 12.3. The molecule has 3 aromatic carbocycles. The van der Waals surface area contributed by atoms with Crippen LogP contribution in [0.3, 0.4) is 0 Å². The molecule has 2 N–H and O–H groups in total. The van der Waals surface area contributed by atoms with Crippen LogP contribution in [0.1, 0.15) is 24.0 Å². The standard InChI is InChI=1S/C33H31Cl2N3O4/c34-28-17-29(26-10-13-37-32(26)31(28)35)41-21-24(39)20-38-14-11-33(12-15-38,42-30(40)16-22-6-2-1-3-7-22)27-19-36-18-23-8-4-5-9-25(23)27/h1-10,13,17-19,24,37,39H,11-12,14-16,20-21H2/t24-/m1/s1. The number of benzene rings is 3. The van der Waals surface area contributed by atoms with Crippen molar-refractivity contribution in [3.63, 3.8) is 0 Å². The normalized spacial score (nSPS) is 16.0. The summed E-state index contributed by atoms with van der Waals surface area (Å²) in [6, 6.07) is 21.2. The third kappa shape index (κ3) is 5.96. The highest BCUT2D eigenvalue weighted by Gasteiger charge is 2.41. The average molecular weight is 605 g/mol. The highest BCUT2D eigenvalue weighted by atomic mass is 35.5. The number of aromatic nitrogens is 2. The van der Waals surface area contributed by atoms with Crippen LogP contribution in [0.15, 0.2) is 85.3 Å². The number of halogens is 2. The van der Waals surface area contributed by atoms with Gasteiger partial charge >= 0.3 is 5.97 Å². The van der Waals surface area contributed by atoms with Gasteiger partial charge in [0.05, 0.1) is 22.0 Å². The number of carbonyl (C=O) groups is 1. The monoisotopic (exact) mass is 603 g/mol. The van der Waals surface area contributed by atoms with Crippen molar-refractivity contribution in [3.05, 3.63) is 106 Å². The van der Waals surface area contributed by atoms with E-state index in [1.54, 1.807) is 12.3 Å². The van der Waals surface area contributed by atoms with Crippen LogP contribution in [0, 0.1) is 0 Å². The predicted molar refractivity (Wildman–Crippen MR) is 165 cm³/mol. The number of piperidine rings is 1. The third-order valence-electron chi connectivity index (χ3n) is 7.92. The maximum atomic E-state index is 13.3. The van der Waals surface area contributed by atoms with E-state index in [2.05, 4.69) is 20.9 Å². The van der Waals surface area contributed by atoms with Gasteiger partial charge in [-0.25, -0.2) is 0 Å². The summed E-state index contributed by atoms with van der Waals surface area (Å²) in [6.07, 6.45) is 6.05. The Balaban J connectivity index is 1.15. The molecule has 0 unspecified atom stereocenters. The number of fused-ring (bicyclic) bond motifs is 2. The number of likely N-dealkylation sites (tertiary alicyclic amines) is 1. The molecular formula is C33H31Cl2N3O4. The lowest BCUT2D eigenvalue weighted by Crippen LogP contribution is -2.48. The Bertz CT molecular complexity index is 1700. The number of aliphatic hydroxyl groups is 1.